The average Bonchev–Trinajstić information content (AvgIpc) is 3.20. The molecule has 0 aliphatic rings. The van der Waals surface area contributed by atoms with Crippen LogP contribution in [0.5, 0.6) is 0 Å². The third kappa shape index (κ3) is 5.36. The van der Waals surface area contributed by atoms with Crippen LogP contribution in [0.2, 0.25) is 5.02 Å². The summed E-state index contributed by atoms with van der Waals surface area (Å²) in [6, 6.07) is 20.8. The monoisotopic (exact) mass is 492 g/mol. The molecule has 11 heteroatoms. The zero-order chi connectivity index (χ0) is 23.8. The molecule has 0 fully saturated rings. The molecule has 0 unspecified atom stereocenters. The highest BCUT2D eigenvalue weighted by molar-refractivity contribution is 7.90. The van der Waals surface area contributed by atoms with E-state index in [4.69, 9.17) is 16.7 Å². The molecule has 0 aliphatic heterocycles. The van der Waals surface area contributed by atoms with Gasteiger partial charge in [-0.2, -0.15) is 26.7 Å². The van der Waals surface area contributed by atoms with Crippen LogP contribution in [0.3, 0.4) is 0 Å². The molecule has 0 atom stereocenters. The van der Waals surface area contributed by atoms with Crippen LogP contribution >= 0.6 is 11.6 Å². The predicted octanol–water partition coefficient (Wildman–Crippen LogP) is 5.49. The van der Waals surface area contributed by atoms with Gasteiger partial charge >= 0.3 is 6.18 Å². The average molecular weight is 493 g/mol. The second-order valence-corrected chi connectivity index (χ2v) is 8.83. The van der Waals surface area contributed by atoms with E-state index in [1.807, 2.05) is 12.1 Å². The van der Waals surface area contributed by atoms with Crippen molar-refractivity contribution in [3.63, 3.8) is 0 Å². The second kappa shape index (κ2) is 8.54. The van der Waals surface area contributed by atoms with E-state index in [1.165, 1.54) is 24.3 Å². The Morgan fingerprint density at radius 1 is 0.848 bits per heavy atom. The van der Waals surface area contributed by atoms with Crippen LogP contribution in [0.25, 0.3) is 28.1 Å². The maximum Gasteiger partial charge on any atom is 0.435 e. The lowest BCUT2D eigenvalue weighted by molar-refractivity contribution is -0.141. The Labute approximate surface area is 192 Å². The third-order valence-corrected chi connectivity index (χ3v) is 5.50. The molecule has 0 saturated heterocycles. The third-order valence-electron chi connectivity index (χ3n) is 4.73. The number of anilines is 1. The first-order valence-electron chi connectivity index (χ1n) is 9.44. The number of halogens is 4. The first-order valence-corrected chi connectivity index (χ1v) is 11.4. The van der Waals surface area contributed by atoms with Crippen LogP contribution in [0.15, 0.2) is 78.9 Å². The van der Waals surface area contributed by atoms with Crippen LogP contribution in [-0.4, -0.2) is 18.2 Å². The van der Waals surface area contributed by atoms with E-state index in [9.17, 15) is 21.6 Å². The molecule has 4 rings (SSSR count). The molecule has 0 aliphatic carbocycles. The van der Waals surface area contributed by atoms with Gasteiger partial charge in [0.2, 0.25) is 0 Å². The molecule has 0 bridgehead atoms. The molecule has 1 aromatic heterocycles. The maximum atomic E-state index is 13.4. The van der Waals surface area contributed by atoms with Crippen LogP contribution < -0.4 is 9.86 Å². The van der Waals surface area contributed by atoms with Crippen molar-refractivity contribution in [1.82, 2.24) is 9.78 Å². The summed E-state index contributed by atoms with van der Waals surface area (Å²) in [6.07, 6.45) is -4.64. The Morgan fingerprint density at radius 3 is 1.88 bits per heavy atom. The molecule has 0 amide bonds. The summed E-state index contributed by atoms with van der Waals surface area (Å²) < 4.78 is 65.8. The number of aromatic nitrogens is 2. The van der Waals surface area contributed by atoms with Crippen molar-refractivity contribution >= 4 is 27.5 Å². The molecule has 3 aromatic carbocycles. The number of benzene rings is 3. The molecule has 33 heavy (non-hydrogen) atoms. The Morgan fingerprint density at radius 2 is 1.36 bits per heavy atom. The van der Waals surface area contributed by atoms with Gasteiger partial charge in [0.05, 0.1) is 11.4 Å². The minimum absolute atomic E-state index is 0.165. The van der Waals surface area contributed by atoms with Gasteiger partial charge in [0.1, 0.15) is 0 Å². The van der Waals surface area contributed by atoms with Gasteiger partial charge in [0, 0.05) is 16.3 Å². The highest BCUT2D eigenvalue weighted by Crippen LogP contribution is 2.34. The normalized spacial score (nSPS) is 12.0. The predicted molar refractivity (Wildman–Crippen MR) is 121 cm³/mol. The van der Waals surface area contributed by atoms with Crippen molar-refractivity contribution in [2.24, 2.45) is 5.14 Å². The summed E-state index contributed by atoms with van der Waals surface area (Å²) in [4.78, 5) is 0. The van der Waals surface area contributed by atoms with E-state index < -0.39 is 22.1 Å². The zero-order valence-electron chi connectivity index (χ0n) is 16.7. The van der Waals surface area contributed by atoms with Crippen LogP contribution in [0.4, 0.5) is 18.9 Å². The van der Waals surface area contributed by atoms with Gasteiger partial charge in [-0.3, -0.25) is 4.72 Å². The Balaban J connectivity index is 1.74. The standard InChI is InChI=1S/C22H16ClF3N4O2S/c23-17-7-5-15(6-8-17)14-1-3-16(4-2-14)20-13-21(22(24,25)26)28-30(20)19-11-9-18(10-12-19)29-33(27,31)32/h1-13,29H,(H2,27,31,32). The van der Waals surface area contributed by atoms with Gasteiger partial charge in [0.15, 0.2) is 5.69 Å². The van der Waals surface area contributed by atoms with Crippen LogP contribution in [-0.2, 0) is 16.4 Å². The van der Waals surface area contributed by atoms with Gasteiger partial charge in [0.25, 0.3) is 10.2 Å². The topological polar surface area (TPSA) is 90.0 Å². The SMILES string of the molecule is NS(=O)(=O)Nc1ccc(-n2nc(C(F)(F)F)cc2-c2ccc(-c3ccc(Cl)cc3)cc2)cc1. The number of hydrogen-bond donors (Lipinski definition) is 2. The fraction of sp³-hybridized carbons (Fsp3) is 0.0455. The number of nitrogens with zero attached hydrogens (tertiary/aromatic N) is 2. The van der Waals surface area contributed by atoms with Crippen molar-refractivity contribution in [3.8, 4) is 28.1 Å². The molecular formula is C22H16ClF3N4O2S. The fourth-order valence-electron chi connectivity index (χ4n) is 3.23. The summed E-state index contributed by atoms with van der Waals surface area (Å²) in [5.74, 6) is 0. The van der Waals surface area contributed by atoms with E-state index >= 15 is 0 Å². The van der Waals surface area contributed by atoms with Crippen LogP contribution in [0.1, 0.15) is 5.69 Å². The summed E-state index contributed by atoms with van der Waals surface area (Å²) in [6.45, 7) is 0. The number of rotatable bonds is 5. The Hall–Kier alpha value is -3.34. The van der Waals surface area contributed by atoms with Gasteiger partial charge in [-0.15, -0.1) is 0 Å². The van der Waals surface area contributed by atoms with Crippen molar-refractivity contribution in [2.75, 3.05) is 4.72 Å². The number of alkyl halides is 3. The molecule has 4 aromatic rings. The lowest BCUT2D eigenvalue weighted by Gasteiger charge is -2.10. The summed E-state index contributed by atoms with van der Waals surface area (Å²) in [5, 5.41) is 9.28. The smallest absolute Gasteiger partial charge is 0.271 e. The first kappa shape index (κ1) is 22.8. The van der Waals surface area contributed by atoms with E-state index in [0.29, 0.717) is 16.3 Å². The number of nitrogens with two attached hydrogens (primary N) is 1. The van der Waals surface area contributed by atoms with Gasteiger partial charge < -0.3 is 0 Å². The lowest BCUT2D eigenvalue weighted by Crippen LogP contribution is -2.21. The molecule has 0 spiro atoms. The van der Waals surface area contributed by atoms with Gasteiger partial charge in [-0.1, -0.05) is 48.0 Å². The van der Waals surface area contributed by atoms with Crippen molar-refractivity contribution in [2.45, 2.75) is 6.18 Å². The maximum absolute atomic E-state index is 13.4. The fourth-order valence-corrected chi connectivity index (χ4v) is 3.82. The van der Waals surface area contributed by atoms with E-state index in [2.05, 4.69) is 9.82 Å². The highest BCUT2D eigenvalue weighted by atomic mass is 35.5. The van der Waals surface area contributed by atoms with Crippen molar-refractivity contribution in [1.29, 1.82) is 0 Å². The highest BCUT2D eigenvalue weighted by Gasteiger charge is 2.35. The second-order valence-electron chi connectivity index (χ2n) is 7.10. The molecular weight excluding hydrogens is 477 g/mol. The Kier molecular flexibility index (Phi) is 5.91. The molecule has 6 nitrogen and oxygen atoms in total. The molecule has 0 saturated carbocycles. The molecule has 1 heterocycles. The lowest BCUT2D eigenvalue weighted by atomic mass is 10.0. The summed E-state index contributed by atoms with van der Waals surface area (Å²) in [7, 11) is -3.98. The minimum Gasteiger partial charge on any atom is -0.271 e. The van der Waals surface area contributed by atoms with E-state index in [0.717, 1.165) is 21.9 Å². The molecule has 0 radical (unpaired) electrons. The van der Waals surface area contributed by atoms with Gasteiger partial charge in [-0.05, 0) is 53.6 Å². The molecule has 3 N–H and O–H groups in total. The van der Waals surface area contributed by atoms with E-state index in [-0.39, 0.29) is 11.4 Å². The van der Waals surface area contributed by atoms with E-state index in [1.54, 1.807) is 36.4 Å². The number of nitrogens with one attached hydrogen (secondary N) is 1. The Bertz CT molecular complexity index is 1380. The quantitative estimate of drug-likeness (QED) is 0.386. The van der Waals surface area contributed by atoms with Gasteiger partial charge in [-0.25, -0.2) is 9.82 Å². The van der Waals surface area contributed by atoms with Crippen molar-refractivity contribution < 1.29 is 21.6 Å². The largest absolute Gasteiger partial charge is 0.435 e. The zero-order valence-corrected chi connectivity index (χ0v) is 18.3. The number of hydrogen-bond acceptors (Lipinski definition) is 3. The molecule has 170 valence electrons. The summed E-state index contributed by atoms with van der Waals surface area (Å²) >= 11 is 5.92. The minimum atomic E-state index is -4.64. The first-order chi connectivity index (χ1) is 15.5. The van der Waals surface area contributed by atoms with Crippen LogP contribution in [0, 0.1) is 0 Å². The summed E-state index contributed by atoms with van der Waals surface area (Å²) in [5.41, 5.74) is 1.94. The van der Waals surface area contributed by atoms with Crippen molar-refractivity contribution in [3.05, 3.63) is 89.6 Å².